The topological polar surface area (TPSA) is 47.6 Å². The quantitative estimate of drug-likeness (QED) is 0.927. The Labute approximate surface area is 125 Å². The van der Waals surface area contributed by atoms with Crippen LogP contribution in [-0.4, -0.2) is 18.1 Å². The van der Waals surface area contributed by atoms with Gasteiger partial charge in [0.25, 0.3) is 5.91 Å². The first-order valence-electron chi connectivity index (χ1n) is 6.73. The molecule has 0 saturated heterocycles. The van der Waals surface area contributed by atoms with E-state index in [-0.39, 0.29) is 5.69 Å². The number of carbonyl (C=O) groups is 1. The number of ether oxygens (including phenoxy) is 2. The number of amides is 1. The number of fused-ring (bicyclic) bond motifs is 1. The fourth-order valence-corrected chi connectivity index (χ4v) is 2.19. The van der Waals surface area contributed by atoms with Crippen molar-refractivity contribution in [2.24, 2.45) is 0 Å². The molecule has 0 radical (unpaired) electrons. The second-order valence-electron chi connectivity index (χ2n) is 4.93. The maximum Gasteiger partial charge on any atom is 0.269 e. The van der Waals surface area contributed by atoms with Gasteiger partial charge in [0, 0.05) is 11.8 Å². The van der Waals surface area contributed by atoms with Crippen LogP contribution in [0.15, 0.2) is 42.5 Å². The van der Waals surface area contributed by atoms with Crippen LogP contribution < -0.4 is 14.8 Å². The molecule has 0 unspecified atom stereocenters. The highest BCUT2D eigenvalue weighted by Gasteiger charge is 2.34. The second-order valence-corrected chi connectivity index (χ2v) is 4.93. The average molecular weight is 305 g/mol. The number of anilines is 1. The van der Waals surface area contributed by atoms with Crippen molar-refractivity contribution < 1.29 is 23.0 Å². The molecule has 2 aromatic carbocycles. The third-order valence-electron chi connectivity index (χ3n) is 3.29. The molecule has 0 saturated carbocycles. The van der Waals surface area contributed by atoms with E-state index in [1.54, 1.807) is 31.2 Å². The predicted molar refractivity (Wildman–Crippen MR) is 75.9 cm³/mol. The normalized spacial score (nSPS) is 19.6. The summed E-state index contributed by atoms with van der Waals surface area (Å²) in [5.74, 6) is -1.47. The van der Waals surface area contributed by atoms with Crippen molar-refractivity contribution in [2.45, 2.75) is 19.1 Å². The molecule has 2 atom stereocenters. The van der Waals surface area contributed by atoms with E-state index in [0.29, 0.717) is 11.5 Å². The molecule has 6 heteroatoms. The molecule has 4 nitrogen and oxygen atoms in total. The first kappa shape index (κ1) is 14.3. The number of nitrogens with one attached hydrogen (secondary N) is 1. The molecular weight excluding hydrogens is 292 g/mol. The minimum Gasteiger partial charge on any atom is -0.482 e. The molecule has 2 aromatic rings. The molecule has 3 rings (SSSR count). The SMILES string of the molecule is C[C@H]1Oc2ccccc2O[C@@H]1C(=O)Nc1ccc(F)c(F)c1. The third kappa shape index (κ3) is 2.72. The van der Waals surface area contributed by atoms with Crippen LogP contribution >= 0.6 is 0 Å². The van der Waals surface area contributed by atoms with Gasteiger partial charge in [-0.1, -0.05) is 12.1 Å². The summed E-state index contributed by atoms with van der Waals surface area (Å²) >= 11 is 0. The van der Waals surface area contributed by atoms with Crippen molar-refractivity contribution in [1.82, 2.24) is 0 Å². The van der Waals surface area contributed by atoms with Gasteiger partial charge in [0.1, 0.15) is 6.10 Å². The van der Waals surface area contributed by atoms with Gasteiger partial charge in [-0.3, -0.25) is 4.79 Å². The summed E-state index contributed by atoms with van der Waals surface area (Å²) < 4.78 is 37.3. The van der Waals surface area contributed by atoms with Crippen molar-refractivity contribution >= 4 is 11.6 Å². The van der Waals surface area contributed by atoms with Crippen molar-refractivity contribution in [2.75, 3.05) is 5.32 Å². The Morgan fingerprint density at radius 1 is 1.05 bits per heavy atom. The van der Waals surface area contributed by atoms with E-state index in [4.69, 9.17) is 9.47 Å². The summed E-state index contributed by atoms with van der Waals surface area (Å²) in [4.78, 5) is 12.3. The first-order chi connectivity index (χ1) is 10.5. The van der Waals surface area contributed by atoms with E-state index in [0.717, 1.165) is 12.1 Å². The van der Waals surface area contributed by atoms with Crippen LogP contribution in [0, 0.1) is 11.6 Å². The largest absolute Gasteiger partial charge is 0.482 e. The van der Waals surface area contributed by atoms with Gasteiger partial charge < -0.3 is 14.8 Å². The highest BCUT2D eigenvalue weighted by molar-refractivity contribution is 5.95. The molecular formula is C16H13F2NO3. The van der Waals surface area contributed by atoms with Crippen molar-refractivity contribution in [3.05, 3.63) is 54.1 Å². The summed E-state index contributed by atoms with van der Waals surface area (Å²) in [6.07, 6.45) is -1.40. The lowest BCUT2D eigenvalue weighted by Crippen LogP contribution is -2.46. The molecule has 1 amide bonds. The molecule has 0 aliphatic carbocycles. The van der Waals surface area contributed by atoms with Crippen molar-refractivity contribution in [3.63, 3.8) is 0 Å². The number of halogens is 2. The molecule has 0 spiro atoms. The lowest BCUT2D eigenvalue weighted by Gasteiger charge is -2.31. The molecule has 1 heterocycles. The maximum atomic E-state index is 13.2. The van der Waals surface area contributed by atoms with Gasteiger partial charge in [-0.25, -0.2) is 8.78 Å². The Kier molecular flexibility index (Phi) is 3.66. The van der Waals surface area contributed by atoms with Crippen LogP contribution in [0.5, 0.6) is 11.5 Å². The zero-order valence-corrected chi connectivity index (χ0v) is 11.7. The van der Waals surface area contributed by atoms with Crippen LogP contribution in [-0.2, 0) is 4.79 Å². The Morgan fingerprint density at radius 2 is 1.73 bits per heavy atom. The highest BCUT2D eigenvalue weighted by atomic mass is 19.2. The third-order valence-corrected chi connectivity index (χ3v) is 3.29. The van der Waals surface area contributed by atoms with E-state index in [1.807, 2.05) is 0 Å². The van der Waals surface area contributed by atoms with Gasteiger partial charge >= 0.3 is 0 Å². The number of hydrogen-bond donors (Lipinski definition) is 1. The van der Waals surface area contributed by atoms with Crippen LogP contribution in [0.1, 0.15) is 6.92 Å². The molecule has 0 fully saturated rings. The molecule has 0 bridgehead atoms. The van der Waals surface area contributed by atoms with Crippen LogP contribution in [0.2, 0.25) is 0 Å². The summed E-state index contributed by atoms with van der Waals surface area (Å²) in [5.41, 5.74) is 0.151. The minimum atomic E-state index is -1.03. The molecule has 114 valence electrons. The molecule has 1 aliphatic heterocycles. The Balaban J connectivity index is 1.76. The van der Waals surface area contributed by atoms with Gasteiger partial charge in [-0.05, 0) is 31.2 Å². The molecule has 0 aromatic heterocycles. The summed E-state index contributed by atoms with van der Waals surface area (Å²) in [6.45, 7) is 1.70. The van der Waals surface area contributed by atoms with Gasteiger partial charge in [-0.15, -0.1) is 0 Å². The van der Waals surface area contributed by atoms with E-state index in [2.05, 4.69) is 5.32 Å². The van der Waals surface area contributed by atoms with Gasteiger partial charge in [0.15, 0.2) is 23.1 Å². The number of benzene rings is 2. The predicted octanol–water partition coefficient (Wildman–Crippen LogP) is 3.13. The maximum absolute atomic E-state index is 13.2. The molecule has 1 aliphatic rings. The van der Waals surface area contributed by atoms with Crippen LogP contribution in [0.3, 0.4) is 0 Å². The summed E-state index contributed by atoms with van der Waals surface area (Å²) in [5, 5.41) is 2.49. The van der Waals surface area contributed by atoms with Crippen LogP contribution in [0.25, 0.3) is 0 Å². The van der Waals surface area contributed by atoms with Crippen molar-refractivity contribution in [1.29, 1.82) is 0 Å². The van der Waals surface area contributed by atoms with Gasteiger partial charge in [0.05, 0.1) is 0 Å². The van der Waals surface area contributed by atoms with Crippen molar-refractivity contribution in [3.8, 4) is 11.5 Å². The Morgan fingerprint density at radius 3 is 2.41 bits per heavy atom. The standard InChI is InChI=1S/C16H13F2NO3/c1-9-15(22-14-5-3-2-4-13(14)21-9)16(20)19-10-6-7-11(17)12(18)8-10/h2-9,15H,1H3,(H,19,20)/t9-,15+/m1/s1. The Bertz CT molecular complexity index is 720. The van der Waals surface area contributed by atoms with Gasteiger partial charge in [-0.2, -0.15) is 0 Å². The Hall–Kier alpha value is -2.63. The zero-order chi connectivity index (χ0) is 15.7. The number of rotatable bonds is 2. The average Bonchev–Trinajstić information content (AvgIpc) is 2.50. The minimum absolute atomic E-state index is 0.151. The van der Waals surface area contributed by atoms with E-state index >= 15 is 0 Å². The van der Waals surface area contributed by atoms with E-state index in [9.17, 15) is 13.6 Å². The van der Waals surface area contributed by atoms with E-state index in [1.165, 1.54) is 6.07 Å². The number of hydrogen-bond acceptors (Lipinski definition) is 3. The first-order valence-corrected chi connectivity index (χ1v) is 6.73. The van der Waals surface area contributed by atoms with E-state index < -0.39 is 29.7 Å². The van der Waals surface area contributed by atoms with Gasteiger partial charge in [0.2, 0.25) is 6.10 Å². The number of para-hydroxylation sites is 2. The fraction of sp³-hybridized carbons (Fsp3) is 0.188. The summed E-state index contributed by atoms with van der Waals surface area (Å²) in [7, 11) is 0. The lowest BCUT2D eigenvalue weighted by molar-refractivity contribution is -0.128. The zero-order valence-electron chi connectivity index (χ0n) is 11.7. The smallest absolute Gasteiger partial charge is 0.269 e. The lowest BCUT2D eigenvalue weighted by atomic mass is 10.1. The fourth-order valence-electron chi connectivity index (χ4n) is 2.19. The number of carbonyl (C=O) groups excluding carboxylic acids is 1. The molecule has 1 N–H and O–H groups in total. The van der Waals surface area contributed by atoms with Crippen LogP contribution in [0.4, 0.5) is 14.5 Å². The summed E-state index contributed by atoms with van der Waals surface area (Å²) in [6, 6.07) is 10.1. The monoisotopic (exact) mass is 305 g/mol. The second kappa shape index (κ2) is 5.63. The highest BCUT2D eigenvalue weighted by Crippen LogP contribution is 2.33. The molecule has 22 heavy (non-hydrogen) atoms.